The highest BCUT2D eigenvalue weighted by atomic mass is 16.3. The van der Waals surface area contributed by atoms with Gasteiger partial charge in [-0.3, -0.25) is 0 Å². The van der Waals surface area contributed by atoms with Gasteiger partial charge in [-0.15, -0.1) is 0 Å². The number of hydrogen-bond acceptors (Lipinski definition) is 2. The summed E-state index contributed by atoms with van der Waals surface area (Å²) in [6.07, 6.45) is 0. The van der Waals surface area contributed by atoms with Crippen molar-refractivity contribution >= 4 is 5.69 Å². The van der Waals surface area contributed by atoms with E-state index in [2.05, 4.69) is 0 Å². The van der Waals surface area contributed by atoms with Crippen molar-refractivity contribution in [3.8, 4) is 0 Å². The molecule has 1 N–H and O–H groups in total. The van der Waals surface area contributed by atoms with Crippen LogP contribution in [0.3, 0.4) is 0 Å². The summed E-state index contributed by atoms with van der Waals surface area (Å²) in [6.45, 7) is 5.67. The molecule has 0 atom stereocenters. The zero-order valence-electron chi connectivity index (χ0n) is 9.63. The van der Waals surface area contributed by atoms with Gasteiger partial charge in [-0.05, 0) is 32.4 Å². The molecule has 2 heteroatoms. The van der Waals surface area contributed by atoms with Gasteiger partial charge in [0.25, 0.3) is 0 Å². The van der Waals surface area contributed by atoms with Gasteiger partial charge in [0.1, 0.15) is 0 Å². The van der Waals surface area contributed by atoms with Gasteiger partial charge < -0.3 is 10.0 Å². The maximum atomic E-state index is 10.1. The van der Waals surface area contributed by atoms with Crippen molar-refractivity contribution < 1.29 is 5.11 Å². The summed E-state index contributed by atoms with van der Waals surface area (Å²) in [4.78, 5) is 2.03. The van der Waals surface area contributed by atoms with E-state index in [1.165, 1.54) is 0 Å². The third-order valence-electron chi connectivity index (χ3n) is 2.34. The molecule has 0 aliphatic rings. The minimum absolute atomic E-state index is 0.787. The molecule has 0 radical (unpaired) electrons. The number of aliphatic hydroxyl groups is 1. The van der Waals surface area contributed by atoms with Crippen molar-refractivity contribution in [1.29, 1.82) is 0 Å². The summed E-state index contributed by atoms with van der Waals surface area (Å²) in [7, 11) is 3.98. The molecule has 0 aliphatic heterocycles. The van der Waals surface area contributed by atoms with Gasteiger partial charge in [-0.1, -0.05) is 12.1 Å². The van der Waals surface area contributed by atoms with Gasteiger partial charge in [-0.2, -0.15) is 0 Å². The first kappa shape index (κ1) is 11.1. The lowest BCUT2D eigenvalue weighted by Crippen LogP contribution is -2.22. The van der Waals surface area contributed by atoms with Gasteiger partial charge in [0.05, 0.1) is 5.60 Å². The van der Waals surface area contributed by atoms with E-state index in [0.717, 1.165) is 16.8 Å². The number of aryl methyl sites for hydroxylation is 1. The fourth-order valence-electron chi connectivity index (χ4n) is 1.82. The first-order valence-electron chi connectivity index (χ1n) is 4.84. The van der Waals surface area contributed by atoms with Crippen LogP contribution in [0.25, 0.3) is 0 Å². The maximum absolute atomic E-state index is 10.1. The van der Waals surface area contributed by atoms with E-state index < -0.39 is 5.60 Å². The van der Waals surface area contributed by atoms with Gasteiger partial charge in [-0.25, -0.2) is 0 Å². The third-order valence-corrected chi connectivity index (χ3v) is 2.34. The first-order chi connectivity index (χ1) is 6.34. The molecule has 0 saturated heterocycles. The van der Waals surface area contributed by atoms with Crippen molar-refractivity contribution in [3.05, 3.63) is 29.3 Å². The Kier molecular flexibility index (Phi) is 2.86. The quantitative estimate of drug-likeness (QED) is 0.779. The standard InChI is InChI=1S/C12H19NO/c1-9-7-6-8-10(13(4)5)11(9)12(2,3)14/h6-8,14H,1-5H3. The van der Waals surface area contributed by atoms with Crippen LogP contribution in [-0.2, 0) is 5.60 Å². The molecule has 0 aromatic heterocycles. The zero-order chi connectivity index (χ0) is 10.9. The fourth-order valence-corrected chi connectivity index (χ4v) is 1.82. The van der Waals surface area contributed by atoms with Crippen LogP contribution < -0.4 is 4.90 Å². The Labute approximate surface area is 86.2 Å². The second-order valence-electron chi connectivity index (χ2n) is 4.42. The molecular weight excluding hydrogens is 174 g/mol. The molecule has 2 nitrogen and oxygen atoms in total. The van der Waals surface area contributed by atoms with E-state index in [9.17, 15) is 5.11 Å². The molecule has 0 aliphatic carbocycles. The molecule has 0 amide bonds. The summed E-state index contributed by atoms with van der Waals surface area (Å²) in [5.74, 6) is 0. The van der Waals surface area contributed by atoms with Crippen LogP contribution in [0.5, 0.6) is 0 Å². The Hall–Kier alpha value is -1.02. The fraction of sp³-hybridized carbons (Fsp3) is 0.500. The van der Waals surface area contributed by atoms with Crippen LogP contribution >= 0.6 is 0 Å². The van der Waals surface area contributed by atoms with Crippen molar-refractivity contribution in [3.63, 3.8) is 0 Å². The van der Waals surface area contributed by atoms with E-state index >= 15 is 0 Å². The molecule has 1 rings (SSSR count). The molecule has 0 fully saturated rings. The molecule has 0 spiro atoms. The summed E-state index contributed by atoms with van der Waals surface area (Å²) in [5.41, 5.74) is 2.43. The normalized spacial score (nSPS) is 11.6. The Morgan fingerprint density at radius 3 is 2.14 bits per heavy atom. The highest BCUT2D eigenvalue weighted by Gasteiger charge is 2.22. The number of benzene rings is 1. The maximum Gasteiger partial charge on any atom is 0.0863 e. The van der Waals surface area contributed by atoms with E-state index in [-0.39, 0.29) is 0 Å². The lowest BCUT2D eigenvalue weighted by Gasteiger charge is -2.27. The Morgan fingerprint density at radius 1 is 1.21 bits per heavy atom. The molecular formula is C12H19NO. The average Bonchev–Trinajstić information content (AvgIpc) is 2.01. The summed E-state index contributed by atoms with van der Waals surface area (Å²) in [5, 5.41) is 10.1. The van der Waals surface area contributed by atoms with Crippen LogP contribution in [0.2, 0.25) is 0 Å². The minimum Gasteiger partial charge on any atom is -0.386 e. The predicted molar refractivity (Wildman–Crippen MR) is 60.8 cm³/mol. The Bertz CT molecular complexity index is 324. The van der Waals surface area contributed by atoms with Gasteiger partial charge in [0.2, 0.25) is 0 Å². The van der Waals surface area contributed by atoms with E-state index in [1.807, 2.05) is 58.0 Å². The predicted octanol–water partition coefficient (Wildman–Crippen LogP) is 2.29. The minimum atomic E-state index is -0.787. The van der Waals surface area contributed by atoms with E-state index in [1.54, 1.807) is 0 Å². The summed E-state index contributed by atoms with van der Waals surface area (Å²) >= 11 is 0. The SMILES string of the molecule is Cc1cccc(N(C)C)c1C(C)(C)O. The molecule has 1 aromatic rings. The molecule has 0 unspecified atom stereocenters. The summed E-state index contributed by atoms with van der Waals surface area (Å²) in [6, 6.07) is 6.07. The molecule has 14 heavy (non-hydrogen) atoms. The number of anilines is 1. The van der Waals surface area contributed by atoms with Gasteiger partial charge in [0, 0.05) is 25.3 Å². The Balaban J connectivity index is 3.38. The van der Waals surface area contributed by atoms with Crippen LogP contribution in [0.4, 0.5) is 5.69 Å². The largest absolute Gasteiger partial charge is 0.386 e. The number of hydrogen-bond donors (Lipinski definition) is 1. The summed E-state index contributed by atoms with van der Waals surface area (Å²) < 4.78 is 0. The second kappa shape index (κ2) is 3.62. The molecule has 0 heterocycles. The zero-order valence-corrected chi connectivity index (χ0v) is 9.63. The second-order valence-corrected chi connectivity index (χ2v) is 4.42. The van der Waals surface area contributed by atoms with Crippen LogP contribution in [0.1, 0.15) is 25.0 Å². The third kappa shape index (κ3) is 2.07. The lowest BCUT2D eigenvalue weighted by atomic mass is 9.92. The number of nitrogens with zero attached hydrogens (tertiary/aromatic N) is 1. The smallest absolute Gasteiger partial charge is 0.0863 e. The number of rotatable bonds is 2. The molecule has 78 valence electrons. The van der Waals surface area contributed by atoms with Crippen molar-refractivity contribution in [2.75, 3.05) is 19.0 Å². The lowest BCUT2D eigenvalue weighted by molar-refractivity contribution is 0.0784. The highest BCUT2D eigenvalue weighted by Crippen LogP contribution is 2.31. The van der Waals surface area contributed by atoms with Crippen LogP contribution in [-0.4, -0.2) is 19.2 Å². The van der Waals surface area contributed by atoms with Gasteiger partial charge in [0.15, 0.2) is 0 Å². The molecule has 1 aromatic carbocycles. The topological polar surface area (TPSA) is 23.5 Å². The molecule has 0 bridgehead atoms. The molecule has 0 saturated carbocycles. The van der Waals surface area contributed by atoms with Crippen LogP contribution in [0.15, 0.2) is 18.2 Å². The Morgan fingerprint density at radius 2 is 1.79 bits per heavy atom. The van der Waals surface area contributed by atoms with Crippen molar-refractivity contribution in [2.45, 2.75) is 26.4 Å². The monoisotopic (exact) mass is 193 g/mol. The first-order valence-corrected chi connectivity index (χ1v) is 4.84. The van der Waals surface area contributed by atoms with Gasteiger partial charge >= 0.3 is 0 Å². The van der Waals surface area contributed by atoms with Crippen molar-refractivity contribution in [1.82, 2.24) is 0 Å². The van der Waals surface area contributed by atoms with Crippen molar-refractivity contribution in [2.24, 2.45) is 0 Å². The van der Waals surface area contributed by atoms with E-state index in [0.29, 0.717) is 0 Å². The highest BCUT2D eigenvalue weighted by molar-refractivity contribution is 5.57. The average molecular weight is 193 g/mol. The van der Waals surface area contributed by atoms with E-state index in [4.69, 9.17) is 0 Å². The van der Waals surface area contributed by atoms with Crippen LogP contribution in [0, 0.1) is 6.92 Å².